The number of hydrogen-bond donors (Lipinski definition) is 1. The van der Waals surface area contributed by atoms with Gasteiger partial charge >= 0.3 is 6.18 Å². The molecule has 8 heteroatoms. The maximum atomic E-state index is 13.7. The van der Waals surface area contributed by atoms with Crippen molar-refractivity contribution in [2.45, 2.75) is 19.5 Å². The minimum Gasteiger partial charge on any atom is -0.316 e. The van der Waals surface area contributed by atoms with E-state index in [2.05, 4.69) is 5.32 Å². The normalized spacial score (nSPS) is 11.5. The van der Waals surface area contributed by atoms with Crippen molar-refractivity contribution in [3.8, 4) is 10.4 Å². The molecule has 1 N–H and O–H groups in total. The summed E-state index contributed by atoms with van der Waals surface area (Å²) in [5.74, 6) is -2.59. The second kappa shape index (κ2) is 7.71. The standard InChI is InChI=1S/C20H14F5NOS/c1-2-11-6-7-12(20(23,24)25)10-13(11)16-8-9-17(28-16)19(27)26-18-14(21)4-3-5-15(18)22/h3-10H,2H2,1H3,(H,26,27). The van der Waals surface area contributed by atoms with Crippen LogP contribution >= 0.6 is 11.3 Å². The zero-order valence-corrected chi connectivity index (χ0v) is 15.3. The van der Waals surface area contributed by atoms with Crippen LogP contribution in [-0.4, -0.2) is 5.91 Å². The summed E-state index contributed by atoms with van der Waals surface area (Å²) < 4.78 is 66.5. The van der Waals surface area contributed by atoms with Crippen LogP contribution in [0.4, 0.5) is 27.6 Å². The van der Waals surface area contributed by atoms with E-state index in [-0.39, 0.29) is 4.88 Å². The summed E-state index contributed by atoms with van der Waals surface area (Å²) in [6.45, 7) is 1.81. The Balaban J connectivity index is 1.93. The number of amides is 1. The molecule has 0 spiro atoms. The first kappa shape index (κ1) is 20.0. The lowest BCUT2D eigenvalue weighted by Crippen LogP contribution is -2.12. The molecule has 2 nitrogen and oxygen atoms in total. The largest absolute Gasteiger partial charge is 0.416 e. The molecular weight excluding hydrogens is 397 g/mol. The quantitative estimate of drug-likeness (QED) is 0.486. The molecule has 0 unspecified atom stereocenters. The third-order valence-corrected chi connectivity index (χ3v) is 5.23. The van der Waals surface area contributed by atoms with Gasteiger partial charge in [-0.3, -0.25) is 4.79 Å². The van der Waals surface area contributed by atoms with Crippen LogP contribution in [0.25, 0.3) is 10.4 Å². The monoisotopic (exact) mass is 411 g/mol. The van der Waals surface area contributed by atoms with Crippen LogP contribution in [0.15, 0.2) is 48.5 Å². The molecule has 0 aliphatic heterocycles. The predicted octanol–water partition coefficient (Wildman–Crippen LogP) is 6.53. The number of carbonyl (C=O) groups excluding carboxylic acids is 1. The maximum absolute atomic E-state index is 13.7. The average molecular weight is 411 g/mol. The highest BCUT2D eigenvalue weighted by Crippen LogP contribution is 2.37. The molecule has 3 rings (SSSR count). The van der Waals surface area contributed by atoms with Crippen LogP contribution in [0.3, 0.4) is 0 Å². The van der Waals surface area contributed by atoms with Crippen molar-refractivity contribution in [1.82, 2.24) is 0 Å². The minimum atomic E-state index is -4.49. The lowest BCUT2D eigenvalue weighted by molar-refractivity contribution is -0.137. The minimum absolute atomic E-state index is 0.122. The molecular formula is C20H14F5NOS. The zero-order chi connectivity index (χ0) is 20.5. The molecule has 0 fully saturated rings. The number of rotatable bonds is 4. The third-order valence-electron chi connectivity index (χ3n) is 4.11. The van der Waals surface area contributed by atoms with Gasteiger partial charge in [-0.2, -0.15) is 13.2 Å². The summed E-state index contributed by atoms with van der Waals surface area (Å²) in [6.07, 6.45) is -3.98. The molecule has 2 aromatic carbocycles. The topological polar surface area (TPSA) is 29.1 Å². The number of nitrogens with one attached hydrogen (secondary N) is 1. The molecule has 0 saturated carbocycles. The molecule has 0 bridgehead atoms. The number of hydrogen-bond acceptors (Lipinski definition) is 2. The molecule has 1 amide bonds. The molecule has 0 atom stereocenters. The lowest BCUT2D eigenvalue weighted by Gasteiger charge is -2.11. The Morgan fingerprint density at radius 2 is 1.71 bits per heavy atom. The lowest BCUT2D eigenvalue weighted by atomic mass is 10.0. The Bertz CT molecular complexity index is 1010. The third kappa shape index (κ3) is 4.06. The second-order valence-electron chi connectivity index (χ2n) is 5.94. The summed E-state index contributed by atoms with van der Waals surface area (Å²) in [7, 11) is 0. The number of carbonyl (C=O) groups is 1. The molecule has 1 aromatic heterocycles. The van der Waals surface area contributed by atoms with Gasteiger partial charge < -0.3 is 5.32 Å². The number of aryl methyl sites for hydroxylation is 1. The smallest absolute Gasteiger partial charge is 0.316 e. The SMILES string of the molecule is CCc1ccc(C(F)(F)F)cc1-c1ccc(C(=O)Nc2c(F)cccc2F)s1. The van der Waals surface area contributed by atoms with E-state index in [1.807, 2.05) is 6.92 Å². The van der Waals surface area contributed by atoms with E-state index in [9.17, 15) is 26.7 Å². The summed E-state index contributed by atoms with van der Waals surface area (Å²) in [5, 5.41) is 2.17. The fraction of sp³-hybridized carbons (Fsp3) is 0.150. The van der Waals surface area contributed by atoms with Gasteiger partial charge in [-0.15, -0.1) is 11.3 Å². The molecule has 3 aromatic rings. The van der Waals surface area contributed by atoms with Crippen molar-refractivity contribution in [3.63, 3.8) is 0 Å². The maximum Gasteiger partial charge on any atom is 0.416 e. The van der Waals surface area contributed by atoms with E-state index in [1.54, 1.807) is 0 Å². The van der Waals surface area contributed by atoms with Crippen molar-refractivity contribution in [2.75, 3.05) is 5.32 Å². The highest BCUT2D eigenvalue weighted by Gasteiger charge is 2.31. The van der Waals surface area contributed by atoms with Gasteiger partial charge in [0.25, 0.3) is 5.91 Å². The van der Waals surface area contributed by atoms with Crippen LogP contribution in [0, 0.1) is 11.6 Å². The average Bonchev–Trinajstić information content (AvgIpc) is 3.13. The fourth-order valence-corrected chi connectivity index (χ4v) is 3.64. The van der Waals surface area contributed by atoms with Gasteiger partial charge in [0.2, 0.25) is 0 Å². The van der Waals surface area contributed by atoms with Crippen LogP contribution < -0.4 is 5.32 Å². The Hall–Kier alpha value is -2.74. The number of alkyl halides is 3. The van der Waals surface area contributed by atoms with Gasteiger partial charge in [0.15, 0.2) is 0 Å². The Kier molecular flexibility index (Phi) is 5.51. The summed E-state index contributed by atoms with van der Waals surface area (Å²) in [5.41, 5.74) is -0.288. The number of anilines is 1. The van der Waals surface area contributed by atoms with Crippen molar-refractivity contribution in [2.24, 2.45) is 0 Å². The number of halogens is 5. The molecule has 1 heterocycles. The van der Waals surface area contributed by atoms with Crippen molar-refractivity contribution in [3.05, 3.63) is 76.2 Å². The van der Waals surface area contributed by atoms with E-state index in [0.29, 0.717) is 22.4 Å². The zero-order valence-electron chi connectivity index (χ0n) is 14.5. The van der Waals surface area contributed by atoms with Crippen LogP contribution in [0.1, 0.15) is 27.7 Å². The van der Waals surface area contributed by atoms with Crippen molar-refractivity contribution < 1.29 is 26.7 Å². The summed E-state index contributed by atoms with van der Waals surface area (Å²) >= 11 is 0.950. The highest BCUT2D eigenvalue weighted by molar-refractivity contribution is 7.17. The fourth-order valence-electron chi connectivity index (χ4n) is 2.69. The summed E-state index contributed by atoms with van der Waals surface area (Å²) in [4.78, 5) is 12.9. The van der Waals surface area contributed by atoms with Gasteiger partial charge in [0, 0.05) is 4.88 Å². The van der Waals surface area contributed by atoms with Gasteiger partial charge in [-0.1, -0.05) is 19.1 Å². The number of thiophene rings is 1. The Labute approximate surface area is 161 Å². The molecule has 0 aliphatic rings. The van der Waals surface area contributed by atoms with Gasteiger partial charge in [-0.05, 0) is 53.9 Å². The number of para-hydroxylation sites is 1. The molecule has 28 heavy (non-hydrogen) atoms. The molecule has 0 saturated heterocycles. The molecule has 0 radical (unpaired) electrons. The van der Waals surface area contributed by atoms with Gasteiger partial charge in [0.05, 0.1) is 10.4 Å². The molecule has 0 aliphatic carbocycles. The summed E-state index contributed by atoms with van der Waals surface area (Å²) in [6, 6.07) is 9.59. The second-order valence-corrected chi connectivity index (χ2v) is 7.02. The first-order valence-corrected chi connectivity index (χ1v) is 9.08. The number of benzene rings is 2. The van der Waals surface area contributed by atoms with E-state index in [0.717, 1.165) is 35.6 Å². The van der Waals surface area contributed by atoms with E-state index >= 15 is 0 Å². The highest BCUT2D eigenvalue weighted by atomic mass is 32.1. The van der Waals surface area contributed by atoms with Crippen molar-refractivity contribution in [1.29, 1.82) is 0 Å². The first-order chi connectivity index (χ1) is 13.2. The van der Waals surface area contributed by atoms with Gasteiger partial charge in [0.1, 0.15) is 17.3 Å². The van der Waals surface area contributed by atoms with Crippen LogP contribution in [0.2, 0.25) is 0 Å². The van der Waals surface area contributed by atoms with E-state index < -0.39 is 35.0 Å². The van der Waals surface area contributed by atoms with E-state index in [1.165, 1.54) is 24.3 Å². The Morgan fingerprint density at radius 1 is 1.04 bits per heavy atom. The molecule has 146 valence electrons. The Morgan fingerprint density at radius 3 is 2.32 bits per heavy atom. The first-order valence-electron chi connectivity index (χ1n) is 8.26. The van der Waals surface area contributed by atoms with E-state index in [4.69, 9.17) is 0 Å². The van der Waals surface area contributed by atoms with Crippen LogP contribution in [-0.2, 0) is 12.6 Å². The predicted molar refractivity (Wildman–Crippen MR) is 98.4 cm³/mol. The van der Waals surface area contributed by atoms with Crippen LogP contribution in [0.5, 0.6) is 0 Å². The van der Waals surface area contributed by atoms with Crippen molar-refractivity contribution >= 4 is 22.9 Å². The van der Waals surface area contributed by atoms with Gasteiger partial charge in [-0.25, -0.2) is 8.78 Å².